The summed E-state index contributed by atoms with van der Waals surface area (Å²) in [5, 5.41) is 0.567. The lowest BCUT2D eigenvalue weighted by atomic mass is 10.2. The molecule has 1 aromatic carbocycles. The maximum atomic E-state index is 13.1. The molecule has 1 amide bonds. The topological polar surface area (TPSA) is 61.9 Å². The van der Waals surface area contributed by atoms with E-state index in [2.05, 4.69) is 15.0 Å². The molecule has 3 rings (SSSR count). The van der Waals surface area contributed by atoms with Gasteiger partial charge in [0.05, 0.1) is 22.5 Å². The highest BCUT2D eigenvalue weighted by atomic mass is 32.2. The summed E-state index contributed by atoms with van der Waals surface area (Å²) in [7, 11) is 0. The summed E-state index contributed by atoms with van der Waals surface area (Å²) >= 11 is 1.48. The molecule has 0 saturated carbocycles. The predicted molar refractivity (Wildman–Crippen MR) is 103 cm³/mol. The Bertz CT molecular complexity index is 843. The smallest absolute Gasteiger partial charge is 0.240 e. The molecule has 0 unspecified atom stereocenters. The van der Waals surface area contributed by atoms with Crippen molar-refractivity contribution in [2.45, 2.75) is 37.6 Å². The van der Waals surface area contributed by atoms with Crippen LogP contribution in [0.15, 0.2) is 47.9 Å². The largest absolute Gasteiger partial charge is 0.332 e. The number of thioether (sulfide) groups is 1. The number of fused-ring (bicyclic) bond motifs is 1. The number of rotatable bonds is 6. The van der Waals surface area contributed by atoms with Crippen LogP contribution in [0.3, 0.4) is 0 Å². The third-order valence-electron chi connectivity index (χ3n) is 4.06. The highest BCUT2D eigenvalue weighted by Gasteiger charge is 2.25. The third kappa shape index (κ3) is 3.85. The third-order valence-corrected chi connectivity index (χ3v) is 5.29. The van der Waals surface area contributed by atoms with E-state index in [9.17, 15) is 4.79 Å². The van der Waals surface area contributed by atoms with Crippen molar-refractivity contribution in [3.8, 4) is 0 Å². The molecule has 3 aromatic rings. The summed E-state index contributed by atoms with van der Waals surface area (Å²) in [5.74, 6) is 0.110. The van der Waals surface area contributed by atoms with Gasteiger partial charge in [-0.3, -0.25) is 9.78 Å². The maximum absolute atomic E-state index is 13.1. The van der Waals surface area contributed by atoms with Crippen molar-refractivity contribution in [1.29, 1.82) is 0 Å². The van der Waals surface area contributed by atoms with E-state index >= 15 is 0 Å². The van der Waals surface area contributed by atoms with Crippen LogP contribution in [0, 0.1) is 6.92 Å². The van der Waals surface area contributed by atoms with Crippen molar-refractivity contribution in [2.24, 2.45) is 0 Å². The molecular formula is C19H22N4OS. The number of benzene rings is 1. The average Bonchev–Trinajstić information content (AvgIpc) is 3.02. The van der Waals surface area contributed by atoms with E-state index in [1.54, 1.807) is 12.4 Å². The fraction of sp³-hybridized carbons (Fsp3) is 0.316. The first-order chi connectivity index (χ1) is 12.1. The van der Waals surface area contributed by atoms with Gasteiger partial charge in [-0.15, -0.1) is 0 Å². The molecule has 0 aliphatic rings. The number of amides is 1. The van der Waals surface area contributed by atoms with Gasteiger partial charge in [-0.25, -0.2) is 4.98 Å². The number of hydrogen-bond acceptors (Lipinski definition) is 4. The van der Waals surface area contributed by atoms with Gasteiger partial charge in [-0.1, -0.05) is 30.8 Å². The quantitative estimate of drug-likeness (QED) is 0.674. The van der Waals surface area contributed by atoms with Crippen LogP contribution in [0.25, 0.3) is 11.0 Å². The van der Waals surface area contributed by atoms with Crippen LogP contribution in [0.2, 0.25) is 0 Å². The number of anilines is 1. The van der Waals surface area contributed by atoms with E-state index in [1.165, 1.54) is 11.8 Å². The summed E-state index contributed by atoms with van der Waals surface area (Å²) in [6.45, 7) is 6.72. The van der Waals surface area contributed by atoms with E-state index in [-0.39, 0.29) is 11.2 Å². The van der Waals surface area contributed by atoms with Gasteiger partial charge in [0, 0.05) is 18.4 Å². The van der Waals surface area contributed by atoms with Crippen molar-refractivity contribution in [3.63, 3.8) is 0 Å². The SMILES string of the molecule is CC[C@@H](Sc1nc2ccncc2[nH]1)C(=O)N(CC)c1cccc(C)c1. The number of pyridine rings is 1. The first-order valence-electron chi connectivity index (χ1n) is 8.46. The summed E-state index contributed by atoms with van der Waals surface area (Å²) in [4.78, 5) is 26.8. The molecule has 130 valence electrons. The Balaban J connectivity index is 1.82. The highest BCUT2D eigenvalue weighted by molar-refractivity contribution is 8.00. The van der Waals surface area contributed by atoms with Crippen LogP contribution >= 0.6 is 11.8 Å². The van der Waals surface area contributed by atoms with Crippen LogP contribution in [0.1, 0.15) is 25.8 Å². The average molecular weight is 354 g/mol. The van der Waals surface area contributed by atoms with Crippen LogP contribution in [-0.2, 0) is 4.79 Å². The lowest BCUT2D eigenvalue weighted by molar-refractivity contribution is -0.118. The number of aromatic amines is 1. The molecule has 0 aliphatic heterocycles. The van der Waals surface area contributed by atoms with Crippen LogP contribution < -0.4 is 4.90 Å². The van der Waals surface area contributed by atoms with E-state index in [4.69, 9.17) is 0 Å². The number of imidazole rings is 1. The van der Waals surface area contributed by atoms with Crippen molar-refractivity contribution >= 4 is 34.4 Å². The Morgan fingerprint density at radius 1 is 1.32 bits per heavy atom. The standard InChI is InChI=1S/C19H22N4OS/c1-4-17(25-19-21-15-9-10-20-12-16(15)22-19)18(24)23(5-2)14-8-6-7-13(3)11-14/h6-12,17H,4-5H2,1-3H3,(H,21,22)/t17-/m1/s1. The normalized spacial score (nSPS) is 12.3. The number of carbonyl (C=O) groups excluding carboxylic acids is 1. The lowest BCUT2D eigenvalue weighted by Gasteiger charge is -2.25. The zero-order chi connectivity index (χ0) is 17.8. The number of aryl methyl sites for hydroxylation is 1. The van der Waals surface area contributed by atoms with E-state index in [1.807, 2.05) is 56.0 Å². The molecule has 2 heterocycles. The molecule has 0 aliphatic carbocycles. The first-order valence-corrected chi connectivity index (χ1v) is 9.34. The number of hydrogen-bond donors (Lipinski definition) is 1. The first kappa shape index (κ1) is 17.5. The Morgan fingerprint density at radius 3 is 2.84 bits per heavy atom. The number of nitrogens with zero attached hydrogens (tertiary/aromatic N) is 3. The molecule has 0 spiro atoms. The van der Waals surface area contributed by atoms with Crippen molar-refractivity contribution in [2.75, 3.05) is 11.4 Å². The van der Waals surface area contributed by atoms with E-state index < -0.39 is 0 Å². The van der Waals surface area contributed by atoms with Crippen molar-refractivity contribution in [3.05, 3.63) is 48.3 Å². The minimum atomic E-state index is -0.186. The fourth-order valence-electron chi connectivity index (χ4n) is 2.77. The lowest BCUT2D eigenvalue weighted by Crippen LogP contribution is -2.37. The van der Waals surface area contributed by atoms with Gasteiger partial charge in [-0.05, 0) is 44.0 Å². The number of carbonyl (C=O) groups is 1. The molecule has 1 atom stereocenters. The maximum Gasteiger partial charge on any atom is 0.240 e. The molecule has 2 aromatic heterocycles. The Kier molecular flexibility index (Phi) is 5.38. The van der Waals surface area contributed by atoms with Crippen molar-refractivity contribution < 1.29 is 4.79 Å². The van der Waals surface area contributed by atoms with E-state index in [0.717, 1.165) is 33.9 Å². The Hall–Kier alpha value is -2.34. The molecule has 0 saturated heterocycles. The molecule has 25 heavy (non-hydrogen) atoms. The van der Waals surface area contributed by atoms with Gasteiger partial charge < -0.3 is 9.88 Å². The highest BCUT2D eigenvalue weighted by Crippen LogP contribution is 2.28. The predicted octanol–water partition coefficient (Wildman–Crippen LogP) is 4.19. The Labute approximate surface area is 151 Å². The van der Waals surface area contributed by atoms with Gasteiger partial charge in [0.2, 0.25) is 5.91 Å². The summed E-state index contributed by atoms with van der Waals surface area (Å²) in [5.41, 5.74) is 3.85. The molecule has 1 N–H and O–H groups in total. The monoisotopic (exact) mass is 354 g/mol. The summed E-state index contributed by atoms with van der Waals surface area (Å²) in [6, 6.07) is 9.92. The van der Waals surface area contributed by atoms with Gasteiger partial charge in [0.25, 0.3) is 0 Å². The number of aromatic nitrogens is 3. The van der Waals surface area contributed by atoms with Crippen molar-refractivity contribution in [1.82, 2.24) is 15.0 Å². The minimum Gasteiger partial charge on any atom is -0.332 e. The van der Waals surface area contributed by atoms with E-state index in [0.29, 0.717) is 6.54 Å². The second kappa shape index (κ2) is 7.70. The molecule has 5 nitrogen and oxygen atoms in total. The van der Waals surface area contributed by atoms with Gasteiger partial charge in [0.1, 0.15) is 0 Å². The molecule has 6 heteroatoms. The van der Waals surface area contributed by atoms with Gasteiger partial charge in [0.15, 0.2) is 5.16 Å². The molecule has 0 radical (unpaired) electrons. The summed E-state index contributed by atoms with van der Waals surface area (Å²) < 4.78 is 0. The number of H-pyrrole nitrogens is 1. The van der Waals surface area contributed by atoms with Gasteiger partial charge >= 0.3 is 0 Å². The minimum absolute atomic E-state index is 0.110. The number of nitrogens with one attached hydrogen (secondary N) is 1. The van der Waals surface area contributed by atoms with Crippen LogP contribution in [-0.4, -0.2) is 32.7 Å². The molecule has 0 fully saturated rings. The Morgan fingerprint density at radius 2 is 2.16 bits per heavy atom. The zero-order valence-corrected chi connectivity index (χ0v) is 15.5. The van der Waals surface area contributed by atoms with Crippen LogP contribution in [0.4, 0.5) is 5.69 Å². The molecular weight excluding hydrogens is 332 g/mol. The second-order valence-corrected chi connectivity index (χ2v) is 7.06. The van der Waals surface area contributed by atoms with Crippen LogP contribution in [0.5, 0.6) is 0 Å². The fourth-order valence-corrected chi connectivity index (χ4v) is 3.75. The zero-order valence-electron chi connectivity index (χ0n) is 14.7. The van der Waals surface area contributed by atoms with Gasteiger partial charge in [-0.2, -0.15) is 0 Å². The second-order valence-electron chi connectivity index (χ2n) is 5.87. The molecule has 0 bridgehead atoms. The summed E-state index contributed by atoms with van der Waals surface area (Å²) in [6.07, 6.45) is 4.21.